The van der Waals surface area contributed by atoms with Crippen LogP contribution in [-0.2, 0) is 20.8 Å². The Hall–Kier alpha value is -2.82. The second kappa shape index (κ2) is 15.8. The second-order valence-corrected chi connectivity index (χ2v) is 18.4. The van der Waals surface area contributed by atoms with Crippen molar-refractivity contribution in [1.82, 2.24) is 0 Å². The van der Waals surface area contributed by atoms with E-state index in [0.717, 1.165) is 54.7 Å². The molecule has 50 heavy (non-hydrogen) atoms. The van der Waals surface area contributed by atoms with E-state index >= 15 is 0 Å². The Bertz CT molecular complexity index is 2040. The van der Waals surface area contributed by atoms with Crippen LogP contribution in [-0.4, -0.2) is 9.52 Å². The number of halogens is 4. The molecule has 8 heteroatoms. The third-order valence-corrected chi connectivity index (χ3v) is 11.3. The summed E-state index contributed by atoms with van der Waals surface area (Å²) in [6, 6.07) is 40.1. The maximum atomic E-state index is 6.25. The van der Waals surface area contributed by atoms with E-state index in [4.69, 9.17) is 49.1 Å². The van der Waals surface area contributed by atoms with Gasteiger partial charge in [-0.05, 0) is 131 Å². The molecule has 0 saturated carbocycles. The zero-order valence-corrected chi connectivity index (χ0v) is 33.9. The first kappa shape index (κ1) is 35.6. The predicted octanol–water partition coefficient (Wildman–Crippen LogP) is 14.0. The molecule has 2 nitrogen and oxygen atoms in total. The third kappa shape index (κ3) is 7.40. The van der Waals surface area contributed by atoms with E-state index in [9.17, 15) is 0 Å². The molecule has 2 unspecified atom stereocenters. The molecule has 2 atom stereocenters. The van der Waals surface area contributed by atoms with E-state index in [1.807, 2.05) is 38.1 Å². The van der Waals surface area contributed by atoms with Crippen LogP contribution in [0, 0.1) is 13.8 Å². The molecule has 6 aromatic rings. The Kier molecular flexibility index (Phi) is 11.3. The molecule has 0 saturated heterocycles. The molecule has 8 rings (SSSR count). The van der Waals surface area contributed by atoms with Gasteiger partial charge in [0, 0.05) is 42.5 Å². The summed E-state index contributed by atoms with van der Waals surface area (Å²) in [7, 11) is 10.6. The molecule has 0 amide bonds. The Labute approximate surface area is 324 Å². The fourth-order valence-electron chi connectivity index (χ4n) is 7.18. The Morgan fingerprint density at radius 3 is 1.32 bits per heavy atom. The van der Waals surface area contributed by atoms with Crippen LogP contribution < -0.4 is 0 Å². The van der Waals surface area contributed by atoms with Gasteiger partial charge < -0.3 is 8.83 Å². The van der Waals surface area contributed by atoms with Gasteiger partial charge in [-0.15, -0.1) is 0 Å². The van der Waals surface area contributed by atoms with Gasteiger partial charge in [-0.2, -0.15) is 0 Å². The fourth-order valence-corrected chi connectivity index (χ4v) is 9.06. The monoisotopic (exact) mass is 826 g/mol. The minimum atomic E-state index is -0.826. The van der Waals surface area contributed by atoms with Crippen LogP contribution >= 0.6 is 40.2 Å². The van der Waals surface area contributed by atoms with Crippen molar-refractivity contribution in [1.29, 1.82) is 0 Å². The van der Waals surface area contributed by atoms with Crippen molar-refractivity contribution >= 4 is 73.0 Å². The van der Waals surface area contributed by atoms with Crippen LogP contribution in [0.1, 0.15) is 57.1 Å². The Balaban J connectivity index is 0.00000126. The van der Waals surface area contributed by atoms with Crippen LogP contribution in [0.15, 0.2) is 118 Å². The normalized spacial score (nSPS) is 15.9. The zero-order chi connectivity index (χ0) is 34.8. The second-order valence-electron chi connectivity index (χ2n) is 12.5. The fraction of sp³-hybridized carbons (Fsp3) is 0.143. The molecule has 0 spiro atoms. The van der Waals surface area contributed by atoms with E-state index < -0.39 is 20.8 Å². The van der Waals surface area contributed by atoms with Gasteiger partial charge in [0.2, 0.25) is 0 Å². The van der Waals surface area contributed by atoms with Crippen molar-refractivity contribution < 1.29 is 29.7 Å². The number of rotatable bonds is 8. The molecule has 0 bridgehead atoms. The SMILES string of the molecule is Cc1ccc(C2=Cc3c(-c4ccc(Cl)cc4)cccc3C2C[Si]CC2C(c3ccc(C)o3)=Cc3c(-c4ccc(Cl)cc4)cccc32)o1.[Cl][Zr][Cl]. The summed E-state index contributed by atoms with van der Waals surface area (Å²) in [6.07, 6.45) is 4.71. The van der Waals surface area contributed by atoms with Crippen LogP contribution in [0.5, 0.6) is 0 Å². The maximum absolute atomic E-state index is 6.25. The minimum absolute atomic E-state index is 0.251. The molecule has 2 radical (unpaired) electrons. The van der Waals surface area contributed by atoms with Gasteiger partial charge >= 0.3 is 37.9 Å². The molecular formula is C42H32Cl4O2SiZr. The van der Waals surface area contributed by atoms with Gasteiger partial charge in [-0.3, -0.25) is 0 Å². The summed E-state index contributed by atoms with van der Waals surface area (Å²) in [5, 5.41) is 1.49. The van der Waals surface area contributed by atoms with Crippen LogP contribution in [0.25, 0.3) is 45.6 Å². The van der Waals surface area contributed by atoms with Gasteiger partial charge in [0.25, 0.3) is 0 Å². The zero-order valence-electron chi connectivity index (χ0n) is 27.4. The van der Waals surface area contributed by atoms with Crippen molar-refractivity contribution in [2.75, 3.05) is 0 Å². The molecule has 2 heterocycles. The molecule has 2 aliphatic rings. The Morgan fingerprint density at radius 1 is 0.560 bits per heavy atom. The first-order valence-corrected chi connectivity index (χ1v) is 24.9. The van der Waals surface area contributed by atoms with E-state index in [-0.39, 0.29) is 11.8 Å². The average molecular weight is 830 g/mol. The molecule has 248 valence electrons. The molecule has 2 aliphatic carbocycles. The van der Waals surface area contributed by atoms with Gasteiger partial charge in [-0.25, -0.2) is 0 Å². The van der Waals surface area contributed by atoms with E-state index in [1.54, 1.807) is 0 Å². The summed E-state index contributed by atoms with van der Waals surface area (Å²) in [4.78, 5) is 0. The van der Waals surface area contributed by atoms with Crippen LogP contribution in [0.4, 0.5) is 0 Å². The average Bonchev–Trinajstić information content (AvgIpc) is 3.91. The third-order valence-electron chi connectivity index (χ3n) is 9.44. The summed E-state index contributed by atoms with van der Waals surface area (Å²) in [6.45, 7) is 4.03. The van der Waals surface area contributed by atoms with Gasteiger partial charge in [-0.1, -0.05) is 83.9 Å². The van der Waals surface area contributed by atoms with Crippen molar-refractivity contribution in [3.05, 3.63) is 165 Å². The van der Waals surface area contributed by atoms with Crippen LogP contribution in [0.3, 0.4) is 0 Å². The van der Waals surface area contributed by atoms with Gasteiger partial charge in [0.1, 0.15) is 23.0 Å². The molecular weight excluding hydrogens is 798 g/mol. The number of hydrogen-bond donors (Lipinski definition) is 0. The summed E-state index contributed by atoms with van der Waals surface area (Å²) >= 11 is 11.7. The molecule has 0 N–H and O–H groups in total. The first-order valence-electron chi connectivity index (χ1n) is 16.4. The van der Waals surface area contributed by atoms with Crippen molar-refractivity contribution in [2.24, 2.45) is 0 Å². The van der Waals surface area contributed by atoms with Crippen molar-refractivity contribution in [2.45, 2.75) is 37.8 Å². The summed E-state index contributed by atoms with van der Waals surface area (Å²) in [5.41, 5.74) is 12.6. The van der Waals surface area contributed by atoms with Gasteiger partial charge in [0.05, 0.1) is 0 Å². The number of fused-ring (bicyclic) bond motifs is 2. The van der Waals surface area contributed by atoms with E-state index in [2.05, 4.69) is 97.1 Å². The Morgan fingerprint density at radius 2 is 0.960 bits per heavy atom. The summed E-state index contributed by atoms with van der Waals surface area (Å²) in [5.74, 6) is 4.28. The van der Waals surface area contributed by atoms with E-state index in [0.29, 0.717) is 0 Å². The van der Waals surface area contributed by atoms with Gasteiger partial charge in [0.15, 0.2) is 0 Å². The van der Waals surface area contributed by atoms with Crippen LogP contribution in [0.2, 0.25) is 22.1 Å². The number of allylic oxidation sites excluding steroid dienone is 2. The summed E-state index contributed by atoms with van der Waals surface area (Å²) < 4.78 is 12.5. The van der Waals surface area contributed by atoms with Crippen molar-refractivity contribution in [3.8, 4) is 22.3 Å². The predicted molar refractivity (Wildman–Crippen MR) is 209 cm³/mol. The number of hydrogen-bond acceptors (Lipinski definition) is 2. The standard InChI is InChI=1S/C42H32Cl2O2Si.2ClH.Zr/c1-25-9-19-41(45-25)37-21-35-31(27-11-15-29(43)16-12-27)5-3-7-33(35)39(37)23-47-24-40-34-8-4-6-32(28-13-17-30(44)18-14-28)36(34)22-38(40)42-20-10-26(2)46-42;;;/h3-22,39-40H,23-24H2,1-2H3;2*1H;/q;;;+2/p-2. The molecule has 4 aromatic carbocycles. The topological polar surface area (TPSA) is 26.3 Å². The number of furan rings is 2. The van der Waals surface area contributed by atoms with Crippen molar-refractivity contribution in [3.63, 3.8) is 0 Å². The van der Waals surface area contributed by atoms with E-state index in [1.165, 1.54) is 55.7 Å². The quantitative estimate of drug-likeness (QED) is 0.143. The number of benzene rings is 4. The molecule has 0 aliphatic heterocycles. The molecule has 0 fully saturated rings. The number of aryl methyl sites for hydroxylation is 2. The first-order chi connectivity index (χ1) is 24.3. The molecule has 2 aromatic heterocycles.